The van der Waals surface area contributed by atoms with Crippen molar-refractivity contribution in [2.75, 3.05) is 16.4 Å². The first-order valence-electron chi connectivity index (χ1n) is 7.59. The van der Waals surface area contributed by atoms with E-state index in [1.54, 1.807) is 6.08 Å². The van der Waals surface area contributed by atoms with Crippen molar-refractivity contribution in [1.29, 1.82) is 0 Å². The molecule has 0 bridgehead atoms. The topological polar surface area (TPSA) is 81.3 Å². The van der Waals surface area contributed by atoms with Crippen LogP contribution >= 0.6 is 0 Å². The monoisotopic (exact) mass is 324 g/mol. The molecule has 2 rings (SSSR count). The molecule has 0 aliphatic heterocycles. The van der Waals surface area contributed by atoms with Crippen LogP contribution in [0.5, 0.6) is 0 Å². The van der Waals surface area contributed by atoms with Crippen LogP contribution in [0.3, 0.4) is 0 Å². The number of nitrogens with two attached hydrogens (primary N) is 1. The number of allylic oxidation sites excluding steroid dienone is 1. The number of nitrogen functional groups attached to an aromatic ring is 1. The average Bonchev–Trinajstić information content (AvgIpc) is 2.42. The van der Waals surface area contributed by atoms with Gasteiger partial charge in [0.15, 0.2) is 0 Å². The number of amides is 1. The van der Waals surface area contributed by atoms with E-state index < -0.39 is 0 Å². The number of hydrogen-bond donors (Lipinski definition) is 3. The van der Waals surface area contributed by atoms with Gasteiger partial charge in [0.25, 0.3) is 0 Å². The van der Waals surface area contributed by atoms with Crippen LogP contribution < -0.4 is 33.8 Å². The second-order valence-corrected chi connectivity index (χ2v) is 5.89. The molecule has 1 amide bonds. The summed E-state index contributed by atoms with van der Waals surface area (Å²) >= 11 is 0. The molecular formula is C16H25ClN4O. The maximum Gasteiger partial charge on any atom is 0.248 e. The highest BCUT2D eigenvalue weighted by atomic mass is 35.5. The summed E-state index contributed by atoms with van der Waals surface area (Å²) in [6.45, 7) is 3.76. The number of halogens is 1. The molecule has 1 saturated carbocycles. The molecule has 1 aliphatic carbocycles. The number of nitrogens with one attached hydrogen (secondary N) is 3. The van der Waals surface area contributed by atoms with E-state index in [9.17, 15) is 4.79 Å². The lowest BCUT2D eigenvalue weighted by Gasteiger charge is -2.20. The van der Waals surface area contributed by atoms with Gasteiger partial charge in [0.1, 0.15) is 5.69 Å². The van der Waals surface area contributed by atoms with Gasteiger partial charge in [-0.3, -0.25) is 4.79 Å². The zero-order valence-electron chi connectivity index (χ0n) is 13.2. The van der Waals surface area contributed by atoms with E-state index in [4.69, 9.17) is 5.73 Å². The highest BCUT2D eigenvalue weighted by molar-refractivity contribution is 6.00. The van der Waals surface area contributed by atoms with Gasteiger partial charge in [-0.15, -0.1) is 0 Å². The Morgan fingerprint density at radius 1 is 1.27 bits per heavy atom. The molecule has 0 aromatic carbocycles. The van der Waals surface area contributed by atoms with Gasteiger partial charge in [-0.25, -0.2) is 4.98 Å². The first-order valence-corrected chi connectivity index (χ1v) is 7.59. The van der Waals surface area contributed by atoms with Crippen molar-refractivity contribution in [3.05, 3.63) is 23.8 Å². The van der Waals surface area contributed by atoms with Crippen LogP contribution in [-0.2, 0) is 4.79 Å². The molecule has 6 heteroatoms. The first-order chi connectivity index (χ1) is 10.0. The van der Waals surface area contributed by atoms with Crippen molar-refractivity contribution in [1.82, 2.24) is 0 Å². The molecule has 5 N–H and O–H groups in total. The predicted molar refractivity (Wildman–Crippen MR) is 86.0 cm³/mol. The Hall–Kier alpha value is -1.75. The summed E-state index contributed by atoms with van der Waals surface area (Å²) in [4.78, 5) is 14.8. The lowest BCUT2D eigenvalue weighted by molar-refractivity contribution is -0.342. The lowest BCUT2D eigenvalue weighted by atomic mass is 9.95. The summed E-state index contributed by atoms with van der Waals surface area (Å²) in [5, 5.41) is 6.25. The highest BCUT2D eigenvalue weighted by Crippen LogP contribution is 2.21. The molecule has 0 unspecified atom stereocenters. The number of carbonyl (C=O) groups excluding carboxylic acids is 1. The van der Waals surface area contributed by atoms with Crippen LogP contribution in [0.1, 0.15) is 46.0 Å². The molecule has 1 aliphatic rings. The standard InChI is InChI=1S/C16H24N4O.ClH/c1-11(2)10-15(21)19-13-8-9-14(20-16(13)17)18-12-6-4-3-5-7-12;/h8-10,12H,3-7H2,1-2H3,(H,19,21)(H3,17,18,20);1H. The normalized spacial score (nSPS) is 14.6. The quantitative estimate of drug-likeness (QED) is 0.667. The third-order valence-corrected chi connectivity index (χ3v) is 3.62. The number of anilines is 3. The summed E-state index contributed by atoms with van der Waals surface area (Å²) in [7, 11) is 0. The van der Waals surface area contributed by atoms with Gasteiger partial charge >= 0.3 is 0 Å². The molecule has 0 radical (unpaired) electrons. The minimum atomic E-state index is -0.164. The summed E-state index contributed by atoms with van der Waals surface area (Å²) in [6.07, 6.45) is 7.85. The van der Waals surface area contributed by atoms with E-state index in [0.29, 0.717) is 17.5 Å². The van der Waals surface area contributed by atoms with Crippen molar-refractivity contribution >= 4 is 23.2 Å². The number of aromatic amines is 1. The lowest BCUT2D eigenvalue weighted by Crippen LogP contribution is -3.00. The summed E-state index contributed by atoms with van der Waals surface area (Å²) < 4.78 is 0. The minimum Gasteiger partial charge on any atom is -1.00 e. The van der Waals surface area contributed by atoms with Gasteiger partial charge in [0.2, 0.25) is 17.5 Å². The Bertz CT molecular complexity index is 535. The molecule has 22 heavy (non-hydrogen) atoms. The summed E-state index contributed by atoms with van der Waals surface area (Å²) in [5.41, 5.74) is 7.53. The fraction of sp³-hybridized carbons (Fsp3) is 0.500. The Kier molecular flexibility index (Phi) is 7.18. The van der Waals surface area contributed by atoms with E-state index in [-0.39, 0.29) is 18.3 Å². The second-order valence-electron chi connectivity index (χ2n) is 5.89. The Morgan fingerprint density at radius 2 is 1.95 bits per heavy atom. The van der Waals surface area contributed by atoms with Gasteiger partial charge in [0, 0.05) is 12.1 Å². The highest BCUT2D eigenvalue weighted by Gasteiger charge is 2.17. The van der Waals surface area contributed by atoms with Crippen molar-refractivity contribution < 1.29 is 22.2 Å². The molecule has 122 valence electrons. The molecule has 1 aromatic rings. The molecule has 0 saturated heterocycles. The molecule has 1 heterocycles. The van der Waals surface area contributed by atoms with Crippen LogP contribution in [0.15, 0.2) is 23.8 Å². The molecule has 1 aromatic heterocycles. The van der Waals surface area contributed by atoms with Gasteiger partial charge in [-0.05, 0) is 32.8 Å². The fourth-order valence-electron chi connectivity index (χ4n) is 2.60. The van der Waals surface area contributed by atoms with Crippen LogP contribution in [0, 0.1) is 0 Å². The molecule has 1 fully saturated rings. The van der Waals surface area contributed by atoms with E-state index in [1.807, 2.05) is 26.0 Å². The average molecular weight is 325 g/mol. The van der Waals surface area contributed by atoms with Gasteiger partial charge in [0.05, 0.1) is 6.04 Å². The fourth-order valence-corrected chi connectivity index (χ4v) is 2.60. The number of aromatic nitrogens is 1. The maximum atomic E-state index is 11.7. The van der Waals surface area contributed by atoms with Crippen LogP contribution in [0.25, 0.3) is 0 Å². The van der Waals surface area contributed by atoms with Gasteiger partial charge in [-0.1, -0.05) is 24.8 Å². The van der Waals surface area contributed by atoms with E-state index in [0.717, 1.165) is 11.4 Å². The molecule has 0 spiro atoms. The summed E-state index contributed by atoms with van der Waals surface area (Å²) in [5.74, 6) is 1.20. The largest absolute Gasteiger partial charge is 1.00 e. The smallest absolute Gasteiger partial charge is 0.248 e. The molecule has 0 atom stereocenters. The zero-order chi connectivity index (χ0) is 15.2. The van der Waals surface area contributed by atoms with E-state index in [1.165, 1.54) is 32.1 Å². The van der Waals surface area contributed by atoms with Crippen molar-refractivity contribution in [3.63, 3.8) is 0 Å². The predicted octanol–water partition coefficient (Wildman–Crippen LogP) is -0.264. The minimum absolute atomic E-state index is 0. The summed E-state index contributed by atoms with van der Waals surface area (Å²) in [6, 6.07) is 4.26. The second kappa shape index (κ2) is 8.63. The third kappa shape index (κ3) is 5.56. The maximum absolute atomic E-state index is 11.7. The number of carbonyl (C=O) groups is 1. The Labute approximate surface area is 138 Å². The Morgan fingerprint density at radius 3 is 2.55 bits per heavy atom. The van der Waals surface area contributed by atoms with Crippen LogP contribution in [-0.4, -0.2) is 11.9 Å². The van der Waals surface area contributed by atoms with Crippen LogP contribution in [0.4, 0.5) is 17.3 Å². The number of H-pyrrole nitrogens is 1. The van der Waals surface area contributed by atoms with Gasteiger partial charge in [-0.2, -0.15) is 0 Å². The van der Waals surface area contributed by atoms with E-state index >= 15 is 0 Å². The molecule has 5 nitrogen and oxygen atoms in total. The van der Waals surface area contributed by atoms with Gasteiger partial charge < -0.3 is 28.8 Å². The van der Waals surface area contributed by atoms with Crippen molar-refractivity contribution in [2.24, 2.45) is 0 Å². The Balaban J connectivity index is 0.00000242. The zero-order valence-corrected chi connectivity index (χ0v) is 14.0. The first kappa shape index (κ1) is 18.3. The number of hydrogen-bond acceptors (Lipinski definition) is 3. The number of pyridine rings is 1. The SMILES string of the molecule is CC(C)=CC(=O)Nc1ccc(NC2CCCCC2)[nH+]c1N.[Cl-]. The van der Waals surface area contributed by atoms with Crippen LogP contribution in [0.2, 0.25) is 0 Å². The van der Waals surface area contributed by atoms with Crippen molar-refractivity contribution in [2.45, 2.75) is 52.0 Å². The third-order valence-electron chi connectivity index (χ3n) is 3.62. The van der Waals surface area contributed by atoms with Crippen molar-refractivity contribution in [3.8, 4) is 0 Å². The number of rotatable bonds is 4. The van der Waals surface area contributed by atoms with E-state index in [2.05, 4.69) is 15.6 Å². The molecular weight excluding hydrogens is 300 g/mol.